The maximum atomic E-state index is 11.1. The van der Waals surface area contributed by atoms with E-state index in [9.17, 15) is 4.79 Å². The van der Waals surface area contributed by atoms with Crippen molar-refractivity contribution in [2.45, 2.75) is 44.9 Å². The van der Waals surface area contributed by atoms with Crippen LogP contribution in [0.3, 0.4) is 0 Å². The molecule has 0 fully saturated rings. The van der Waals surface area contributed by atoms with Crippen LogP contribution < -0.4 is 5.32 Å². The van der Waals surface area contributed by atoms with E-state index >= 15 is 0 Å². The minimum Gasteiger partial charge on any atom is -0.356 e. The largest absolute Gasteiger partial charge is 0.356 e. The smallest absolute Gasteiger partial charge is 0.223 e. The highest BCUT2D eigenvalue weighted by Gasteiger charge is 2.08. The highest BCUT2D eigenvalue weighted by atomic mass is 28.3. The van der Waals surface area contributed by atoms with Crippen molar-refractivity contribution in [3.05, 3.63) is 24.8 Å². The molecule has 1 N–H and O–H groups in total. The summed E-state index contributed by atoms with van der Waals surface area (Å²) in [5.74, 6) is 0.0704. The SMILES string of the molecule is C=CCC(=O)NCCCC=CC[Si](C)(C)C. The first kappa shape index (κ1) is 15.2. The van der Waals surface area contributed by atoms with Crippen LogP contribution in [0, 0.1) is 0 Å². The average Bonchev–Trinajstić information content (AvgIpc) is 2.15. The predicted octanol–water partition coefficient (Wildman–Crippen LogP) is 3.35. The van der Waals surface area contributed by atoms with Gasteiger partial charge in [-0.15, -0.1) is 6.58 Å². The summed E-state index contributed by atoms with van der Waals surface area (Å²) in [6, 6.07) is 1.25. The van der Waals surface area contributed by atoms with Crippen molar-refractivity contribution >= 4 is 14.0 Å². The first-order valence-electron chi connectivity index (χ1n) is 5.98. The van der Waals surface area contributed by atoms with Gasteiger partial charge in [-0.25, -0.2) is 0 Å². The van der Waals surface area contributed by atoms with Crippen LogP contribution in [-0.2, 0) is 4.79 Å². The molecular formula is C13H25NOSi. The van der Waals surface area contributed by atoms with Gasteiger partial charge in [0.05, 0.1) is 0 Å². The zero-order valence-electron chi connectivity index (χ0n) is 10.9. The number of nitrogens with one attached hydrogen (secondary N) is 1. The summed E-state index contributed by atoms with van der Waals surface area (Å²) in [7, 11) is -0.922. The van der Waals surface area contributed by atoms with Crippen molar-refractivity contribution in [1.82, 2.24) is 5.32 Å². The van der Waals surface area contributed by atoms with E-state index in [0.717, 1.165) is 19.4 Å². The van der Waals surface area contributed by atoms with Gasteiger partial charge in [0.1, 0.15) is 0 Å². The Morgan fingerprint density at radius 1 is 1.31 bits per heavy atom. The fourth-order valence-electron chi connectivity index (χ4n) is 1.21. The van der Waals surface area contributed by atoms with E-state index in [2.05, 4.69) is 43.7 Å². The third kappa shape index (κ3) is 11.2. The zero-order valence-corrected chi connectivity index (χ0v) is 11.9. The van der Waals surface area contributed by atoms with E-state index in [-0.39, 0.29) is 5.91 Å². The summed E-state index contributed by atoms with van der Waals surface area (Å²) in [6.45, 7) is 11.4. The number of carbonyl (C=O) groups is 1. The standard InChI is InChI=1S/C13H25NOSi/c1-5-10-13(15)14-11-8-6-7-9-12-16(2,3)4/h5,7,9H,1,6,8,10-12H2,2-4H3,(H,14,15). The molecule has 0 spiro atoms. The average molecular weight is 239 g/mol. The van der Waals surface area contributed by atoms with Gasteiger partial charge < -0.3 is 5.32 Å². The van der Waals surface area contributed by atoms with E-state index in [1.807, 2.05) is 0 Å². The number of hydrogen-bond donors (Lipinski definition) is 1. The first-order valence-corrected chi connectivity index (χ1v) is 9.69. The Morgan fingerprint density at radius 2 is 2.00 bits per heavy atom. The van der Waals surface area contributed by atoms with Gasteiger partial charge >= 0.3 is 0 Å². The van der Waals surface area contributed by atoms with Crippen LogP contribution in [-0.4, -0.2) is 20.5 Å². The van der Waals surface area contributed by atoms with E-state index in [1.54, 1.807) is 6.08 Å². The van der Waals surface area contributed by atoms with E-state index in [0.29, 0.717) is 6.42 Å². The molecule has 0 aromatic carbocycles. The summed E-state index contributed by atoms with van der Waals surface area (Å²) in [5.41, 5.74) is 0. The maximum absolute atomic E-state index is 11.1. The van der Waals surface area contributed by atoms with Crippen LogP contribution in [0.1, 0.15) is 19.3 Å². The van der Waals surface area contributed by atoms with E-state index in [4.69, 9.17) is 0 Å². The Balaban J connectivity index is 3.40. The van der Waals surface area contributed by atoms with Crippen LogP contribution in [0.5, 0.6) is 0 Å². The highest BCUT2D eigenvalue weighted by molar-refractivity contribution is 6.76. The second-order valence-corrected chi connectivity index (χ2v) is 10.8. The van der Waals surface area contributed by atoms with Gasteiger partial charge in [-0.05, 0) is 18.9 Å². The molecule has 0 atom stereocenters. The maximum Gasteiger partial charge on any atom is 0.223 e. The lowest BCUT2D eigenvalue weighted by atomic mass is 10.3. The monoisotopic (exact) mass is 239 g/mol. The van der Waals surface area contributed by atoms with Crippen LogP contribution in [0.25, 0.3) is 0 Å². The minimum atomic E-state index is -0.922. The van der Waals surface area contributed by atoms with Gasteiger partial charge in [-0.1, -0.05) is 37.9 Å². The van der Waals surface area contributed by atoms with Gasteiger partial charge in [-0.2, -0.15) is 0 Å². The van der Waals surface area contributed by atoms with Gasteiger partial charge in [0.15, 0.2) is 0 Å². The minimum absolute atomic E-state index is 0.0704. The van der Waals surface area contributed by atoms with E-state index in [1.165, 1.54) is 6.04 Å². The Hall–Kier alpha value is -0.833. The molecule has 0 aliphatic heterocycles. The molecule has 0 aromatic heterocycles. The molecule has 0 bridgehead atoms. The van der Waals surface area contributed by atoms with Crippen molar-refractivity contribution < 1.29 is 4.79 Å². The van der Waals surface area contributed by atoms with Crippen molar-refractivity contribution in [3.8, 4) is 0 Å². The van der Waals surface area contributed by atoms with Gasteiger partial charge in [0.25, 0.3) is 0 Å². The fraction of sp³-hybridized carbons (Fsp3) is 0.615. The number of hydrogen-bond acceptors (Lipinski definition) is 1. The molecule has 0 saturated heterocycles. The van der Waals surface area contributed by atoms with E-state index < -0.39 is 8.07 Å². The third-order valence-electron chi connectivity index (χ3n) is 2.10. The molecule has 0 radical (unpaired) electrons. The lowest BCUT2D eigenvalue weighted by Crippen LogP contribution is -2.23. The summed E-state index contributed by atoms with van der Waals surface area (Å²) in [6.07, 6.45) is 8.65. The molecule has 0 aliphatic carbocycles. The van der Waals surface area contributed by atoms with Crippen LogP contribution >= 0.6 is 0 Å². The Morgan fingerprint density at radius 3 is 2.56 bits per heavy atom. The highest BCUT2D eigenvalue weighted by Crippen LogP contribution is 2.08. The lowest BCUT2D eigenvalue weighted by Gasteiger charge is -2.11. The second-order valence-electron chi connectivity index (χ2n) is 5.22. The fourth-order valence-corrected chi connectivity index (χ4v) is 2.08. The van der Waals surface area contributed by atoms with Crippen molar-refractivity contribution in [2.24, 2.45) is 0 Å². The lowest BCUT2D eigenvalue weighted by molar-refractivity contribution is -0.120. The van der Waals surface area contributed by atoms with Crippen molar-refractivity contribution in [3.63, 3.8) is 0 Å². The molecule has 1 amide bonds. The topological polar surface area (TPSA) is 29.1 Å². The van der Waals surface area contributed by atoms with Crippen LogP contribution in [0.2, 0.25) is 25.7 Å². The summed E-state index contributed by atoms with van der Waals surface area (Å²) >= 11 is 0. The zero-order chi connectivity index (χ0) is 12.4. The molecule has 0 rings (SSSR count). The van der Waals surface area contributed by atoms with Crippen LogP contribution in [0.4, 0.5) is 0 Å². The molecule has 0 heterocycles. The molecule has 0 unspecified atom stereocenters. The Kier molecular flexibility index (Phi) is 7.90. The molecule has 92 valence electrons. The van der Waals surface area contributed by atoms with Gasteiger partial charge in [-0.3, -0.25) is 4.79 Å². The van der Waals surface area contributed by atoms with Crippen molar-refractivity contribution in [1.29, 1.82) is 0 Å². The predicted molar refractivity (Wildman–Crippen MR) is 74.4 cm³/mol. The number of unbranched alkanes of at least 4 members (excludes halogenated alkanes) is 1. The summed E-state index contributed by atoms with van der Waals surface area (Å²) < 4.78 is 0. The second kappa shape index (κ2) is 8.33. The van der Waals surface area contributed by atoms with Gasteiger partial charge in [0.2, 0.25) is 5.91 Å². The quantitative estimate of drug-likeness (QED) is 0.393. The molecule has 0 saturated carbocycles. The summed E-state index contributed by atoms with van der Waals surface area (Å²) in [5, 5.41) is 2.86. The molecule has 3 heteroatoms. The molecule has 16 heavy (non-hydrogen) atoms. The normalized spacial score (nSPS) is 11.7. The first-order chi connectivity index (χ1) is 7.45. The molecule has 2 nitrogen and oxygen atoms in total. The molecular weight excluding hydrogens is 214 g/mol. The Labute approximate surface area is 101 Å². The molecule has 0 aliphatic rings. The van der Waals surface area contributed by atoms with Gasteiger partial charge in [0, 0.05) is 21.0 Å². The van der Waals surface area contributed by atoms with Crippen LogP contribution in [0.15, 0.2) is 24.8 Å². The number of allylic oxidation sites excluding steroid dienone is 2. The number of rotatable bonds is 8. The molecule has 0 aromatic rings. The number of amides is 1. The van der Waals surface area contributed by atoms with Crippen molar-refractivity contribution in [2.75, 3.05) is 6.54 Å². The number of carbonyl (C=O) groups excluding carboxylic acids is 1. The Bertz CT molecular complexity index is 241. The summed E-state index contributed by atoms with van der Waals surface area (Å²) in [4.78, 5) is 11.1. The third-order valence-corrected chi connectivity index (χ3v) is 3.56.